The van der Waals surface area contributed by atoms with Crippen molar-refractivity contribution in [3.63, 3.8) is 0 Å². The van der Waals surface area contributed by atoms with Crippen LogP contribution in [-0.2, 0) is 22.6 Å². The van der Waals surface area contributed by atoms with E-state index in [-0.39, 0.29) is 23.5 Å². The Hall–Kier alpha value is -2.69. The van der Waals surface area contributed by atoms with Crippen LogP contribution in [0, 0.1) is 24.6 Å². The average molecular weight is 425 g/mol. The Morgan fingerprint density at radius 2 is 1.81 bits per heavy atom. The second kappa shape index (κ2) is 11.1. The van der Waals surface area contributed by atoms with E-state index in [4.69, 9.17) is 0 Å². The molecule has 5 heteroatoms. The van der Waals surface area contributed by atoms with Gasteiger partial charge < -0.3 is 10.2 Å². The molecule has 1 aliphatic rings. The molecule has 1 saturated heterocycles. The maximum absolute atomic E-state index is 13.7. The fourth-order valence-electron chi connectivity index (χ4n) is 4.06. The summed E-state index contributed by atoms with van der Waals surface area (Å²) in [7, 11) is 0. The minimum atomic E-state index is -0.253. The molecule has 1 heterocycles. The summed E-state index contributed by atoms with van der Waals surface area (Å²) in [6.45, 7) is 5.43. The molecular weight excluding hydrogens is 391 g/mol. The summed E-state index contributed by atoms with van der Waals surface area (Å²) in [6.07, 6.45) is 3.90. The van der Waals surface area contributed by atoms with Gasteiger partial charge in [-0.05, 0) is 61.3 Å². The van der Waals surface area contributed by atoms with Crippen LogP contribution in [0.5, 0.6) is 0 Å². The molecule has 3 rings (SSSR count). The zero-order valence-corrected chi connectivity index (χ0v) is 18.6. The highest BCUT2D eigenvalue weighted by Crippen LogP contribution is 2.21. The van der Waals surface area contributed by atoms with Gasteiger partial charge in [0.2, 0.25) is 11.8 Å². The fraction of sp³-hybridized carbons (Fsp3) is 0.462. The summed E-state index contributed by atoms with van der Waals surface area (Å²) in [5.41, 5.74) is 2.66. The Labute approximate surface area is 184 Å². The SMILES string of the molecule is Cc1ccc(CNC(=O)C2CCN(C(=O)CC(C)CCc3ccccc3)CC2)cc1F. The maximum atomic E-state index is 13.7. The molecule has 0 bridgehead atoms. The van der Waals surface area contributed by atoms with Gasteiger partial charge in [-0.15, -0.1) is 0 Å². The van der Waals surface area contributed by atoms with Gasteiger partial charge in [-0.1, -0.05) is 49.4 Å². The summed E-state index contributed by atoms with van der Waals surface area (Å²) < 4.78 is 13.7. The molecule has 0 radical (unpaired) electrons. The standard InChI is InChI=1S/C26H33FN2O2/c1-19(8-10-21-6-4-3-5-7-21)16-25(30)29-14-12-23(13-15-29)26(31)28-18-22-11-9-20(2)24(27)17-22/h3-7,9,11,17,19,23H,8,10,12-16,18H2,1-2H3,(H,28,31). The van der Waals surface area contributed by atoms with Crippen LogP contribution in [0.3, 0.4) is 0 Å². The number of carbonyl (C=O) groups is 2. The average Bonchev–Trinajstić information content (AvgIpc) is 2.79. The quantitative estimate of drug-likeness (QED) is 0.671. The summed E-state index contributed by atoms with van der Waals surface area (Å²) in [5.74, 6) is 0.175. The number of carbonyl (C=O) groups excluding carboxylic acids is 2. The molecule has 1 fully saturated rings. The zero-order valence-electron chi connectivity index (χ0n) is 18.6. The first-order chi connectivity index (χ1) is 14.9. The molecule has 1 aliphatic heterocycles. The summed E-state index contributed by atoms with van der Waals surface area (Å²) in [5, 5.41) is 2.91. The van der Waals surface area contributed by atoms with Crippen LogP contribution in [-0.4, -0.2) is 29.8 Å². The molecule has 0 spiro atoms. The van der Waals surface area contributed by atoms with E-state index >= 15 is 0 Å². The lowest BCUT2D eigenvalue weighted by Crippen LogP contribution is -2.43. The zero-order chi connectivity index (χ0) is 22.2. The molecule has 166 valence electrons. The molecule has 2 aromatic rings. The normalized spacial score (nSPS) is 15.5. The number of piperidine rings is 1. The van der Waals surface area contributed by atoms with E-state index in [2.05, 4.69) is 24.4 Å². The van der Waals surface area contributed by atoms with E-state index in [0.717, 1.165) is 18.4 Å². The summed E-state index contributed by atoms with van der Waals surface area (Å²) in [4.78, 5) is 27.0. The van der Waals surface area contributed by atoms with Gasteiger partial charge in [0, 0.05) is 32.0 Å². The van der Waals surface area contributed by atoms with Gasteiger partial charge >= 0.3 is 0 Å². The minimum absolute atomic E-state index is 0.00990. The first kappa shape index (κ1) is 23.0. The number of likely N-dealkylation sites (tertiary alicyclic amines) is 1. The summed E-state index contributed by atoms with van der Waals surface area (Å²) in [6, 6.07) is 15.4. The number of hydrogen-bond donors (Lipinski definition) is 1. The van der Waals surface area contributed by atoms with Gasteiger partial charge in [0.1, 0.15) is 5.82 Å². The van der Waals surface area contributed by atoms with E-state index in [1.165, 1.54) is 11.6 Å². The Morgan fingerprint density at radius 1 is 1.10 bits per heavy atom. The van der Waals surface area contributed by atoms with Crippen molar-refractivity contribution in [2.24, 2.45) is 11.8 Å². The van der Waals surface area contributed by atoms with Crippen LogP contribution in [0.15, 0.2) is 48.5 Å². The number of halogens is 1. The number of benzene rings is 2. The topological polar surface area (TPSA) is 49.4 Å². The maximum Gasteiger partial charge on any atom is 0.223 e. The van der Waals surface area contributed by atoms with Crippen molar-refractivity contribution < 1.29 is 14.0 Å². The van der Waals surface area contributed by atoms with Crippen molar-refractivity contribution in [1.29, 1.82) is 0 Å². The first-order valence-corrected chi connectivity index (χ1v) is 11.3. The monoisotopic (exact) mass is 424 g/mol. The van der Waals surface area contributed by atoms with Crippen LogP contribution in [0.1, 0.15) is 49.3 Å². The molecule has 1 unspecified atom stereocenters. The van der Waals surface area contributed by atoms with Crippen LogP contribution in [0.2, 0.25) is 0 Å². The lowest BCUT2D eigenvalue weighted by molar-refractivity contribution is -0.136. The minimum Gasteiger partial charge on any atom is -0.352 e. The van der Waals surface area contributed by atoms with Crippen molar-refractivity contribution in [2.45, 2.75) is 52.5 Å². The molecule has 2 amide bonds. The van der Waals surface area contributed by atoms with Crippen LogP contribution < -0.4 is 5.32 Å². The molecule has 4 nitrogen and oxygen atoms in total. The smallest absolute Gasteiger partial charge is 0.223 e. The van der Waals surface area contributed by atoms with Gasteiger partial charge in [0.15, 0.2) is 0 Å². The van der Waals surface area contributed by atoms with Gasteiger partial charge in [-0.25, -0.2) is 4.39 Å². The molecule has 2 aromatic carbocycles. The van der Waals surface area contributed by atoms with E-state index in [1.54, 1.807) is 13.0 Å². The Balaban J connectivity index is 1.37. The second-order valence-corrected chi connectivity index (χ2v) is 8.79. The lowest BCUT2D eigenvalue weighted by atomic mass is 9.94. The lowest BCUT2D eigenvalue weighted by Gasteiger charge is -2.32. The van der Waals surface area contributed by atoms with Crippen molar-refractivity contribution in [3.8, 4) is 0 Å². The molecule has 1 N–H and O–H groups in total. The van der Waals surface area contributed by atoms with E-state index in [1.807, 2.05) is 29.2 Å². The number of aryl methyl sites for hydroxylation is 2. The van der Waals surface area contributed by atoms with Crippen molar-refractivity contribution >= 4 is 11.8 Å². The highest BCUT2D eigenvalue weighted by atomic mass is 19.1. The van der Waals surface area contributed by atoms with Crippen LogP contribution in [0.4, 0.5) is 4.39 Å². The Bertz CT molecular complexity index is 876. The molecular formula is C26H33FN2O2. The number of hydrogen-bond acceptors (Lipinski definition) is 2. The Morgan fingerprint density at radius 3 is 2.48 bits per heavy atom. The van der Waals surface area contributed by atoms with Crippen molar-refractivity contribution in [1.82, 2.24) is 10.2 Å². The third kappa shape index (κ3) is 6.91. The first-order valence-electron chi connectivity index (χ1n) is 11.3. The van der Waals surface area contributed by atoms with Crippen molar-refractivity contribution in [2.75, 3.05) is 13.1 Å². The number of nitrogens with zero attached hydrogens (tertiary/aromatic N) is 1. The van der Waals surface area contributed by atoms with Crippen molar-refractivity contribution in [3.05, 3.63) is 71.0 Å². The Kier molecular flexibility index (Phi) is 8.21. The van der Waals surface area contributed by atoms with Gasteiger partial charge in [-0.3, -0.25) is 9.59 Å². The van der Waals surface area contributed by atoms with Crippen LogP contribution >= 0.6 is 0 Å². The van der Waals surface area contributed by atoms with E-state index in [9.17, 15) is 14.0 Å². The highest BCUT2D eigenvalue weighted by Gasteiger charge is 2.27. The fourth-order valence-corrected chi connectivity index (χ4v) is 4.06. The van der Waals surface area contributed by atoms with Gasteiger partial charge in [-0.2, -0.15) is 0 Å². The molecule has 0 aliphatic carbocycles. The third-order valence-electron chi connectivity index (χ3n) is 6.21. The summed E-state index contributed by atoms with van der Waals surface area (Å²) >= 11 is 0. The largest absolute Gasteiger partial charge is 0.352 e. The molecule has 1 atom stereocenters. The number of amides is 2. The predicted octanol–water partition coefficient (Wildman–Crippen LogP) is 4.65. The third-order valence-corrected chi connectivity index (χ3v) is 6.21. The number of nitrogens with one attached hydrogen (secondary N) is 1. The molecule has 0 aromatic heterocycles. The highest BCUT2D eigenvalue weighted by molar-refractivity contribution is 5.80. The van der Waals surface area contributed by atoms with Crippen LogP contribution in [0.25, 0.3) is 0 Å². The van der Waals surface area contributed by atoms with Gasteiger partial charge in [0.05, 0.1) is 0 Å². The molecule has 0 saturated carbocycles. The van der Waals surface area contributed by atoms with Gasteiger partial charge in [0.25, 0.3) is 0 Å². The van der Waals surface area contributed by atoms with E-state index in [0.29, 0.717) is 50.4 Å². The predicted molar refractivity (Wildman–Crippen MR) is 121 cm³/mol. The second-order valence-electron chi connectivity index (χ2n) is 8.79. The molecule has 31 heavy (non-hydrogen) atoms. The number of rotatable bonds is 8. The van der Waals surface area contributed by atoms with E-state index < -0.39 is 0 Å².